The maximum absolute atomic E-state index is 14.0. The number of hydrogen-bond donors (Lipinski definition) is 4. The Bertz CT molecular complexity index is 1610. The monoisotopic (exact) mass is 721 g/mol. The van der Waals surface area contributed by atoms with Gasteiger partial charge >= 0.3 is 12.1 Å². The lowest BCUT2D eigenvalue weighted by molar-refractivity contribution is -0.137. The summed E-state index contributed by atoms with van der Waals surface area (Å²) in [5.41, 5.74) is 3.79. The first-order valence-corrected chi connectivity index (χ1v) is 17.9. The quantitative estimate of drug-likeness (QED) is 0.292. The van der Waals surface area contributed by atoms with Crippen LogP contribution in [0.25, 0.3) is 10.9 Å². The molecule has 13 nitrogen and oxygen atoms in total. The van der Waals surface area contributed by atoms with Gasteiger partial charge < -0.3 is 30.6 Å². The molecule has 3 saturated heterocycles. The van der Waals surface area contributed by atoms with E-state index in [0.29, 0.717) is 58.0 Å². The fourth-order valence-corrected chi connectivity index (χ4v) is 8.21. The third-order valence-electron chi connectivity index (χ3n) is 10.3. The van der Waals surface area contributed by atoms with Crippen molar-refractivity contribution in [3.8, 4) is 0 Å². The van der Waals surface area contributed by atoms with Crippen LogP contribution in [0.5, 0.6) is 0 Å². The molecule has 3 aromatic rings. The fourth-order valence-electron chi connectivity index (χ4n) is 7.59. The number of piperazine rings is 1. The standard InChI is InChI=1S/C34H44BrN9O4/c35-28-20-23(19-25-22-37-40-31(25)28)21-30(32(45)42-17-15-41(16-18-42)26-5-10-36-11-6-26)39-34(47)48-43-12-8-27(9-13-43)44-14-7-24-3-1-2-4-29(24)38-33(44)46/h1-4,19-20,22,26-27,30,36H,5-18,21H2,(H,37,40)(H,38,46)(H,39,47). The molecule has 1 atom stereocenters. The lowest BCUT2D eigenvalue weighted by Gasteiger charge is -2.41. The highest BCUT2D eigenvalue weighted by Gasteiger charge is 2.34. The predicted molar refractivity (Wildman–Crippen MR) is 185 cm³/mol. The number of hydrogen-bond acceptors (Lipinski definition) is 8. The molecule has 1 unspecified atom stereocenters. The van der Waals surface area contributed by atoms with E-state index in [2.05, 4.69) is 53.0 Å². The van der Waals surface area contributed by atoms with Gasteiger partial charge in [0.05, 0.1) is 11.7 Å². The van der Waals surface area contributed by atoms with Crippen molar-refractivity contribution in [2.45, 2.75) is 56.7 Å². The summed E-state index contributed by atoms with van der Waals surface area (Å²) in [5.74, 6) is -0.104. The van der Waals surface area contributed by atoms with Crippen LogP contribution in [0.15, 0.2) is 47.1 Å². The van der Waals surface area contributed by atoms with Gasteiger partial charge in [-0.25, -0.2) is 9.59 Å². The number of nitrogens with one attached hydrogen (secondary N) is 4. The van der Waals surface area contributed by atoms with E-state index in [0.717, 1.165) is 77.6 Å². The molecule has 14 heteroatoms. The first-order valence-electron chi connectivity index (χ1n) is 17.2. The van der Waals surface area contributed by atoms with Crippen LogP contribution in [-0.4, -0.2) is 125 Å². The molecule has 5 heterocycles. The summed E-state index contributed by atoms with van der Waals surface area (Å²) in [6.07, 6.45) is 5.83. The summed E-state index contributed by atoms with van der Waals surface area (Å²) in [6, 6.07) is 11.6. The molecule has 48 heavy (non-hydrogen) atoms. The molecule has 4 aliphatic heterocycles. The van der Waals surface area contributed by atoms with Crippen molar-refractivity contribution in [3.05, 3.63) is 58.2 Å². The normalized spacial score (nSPS) is 21.0. The molecular formula is C34H44BrN9O4. The maximum atomic E-state index is 14.0. The number of para-hydroxylation sites is 1. The Hall–Kier alpha value is -3.72. The van der Waals surface area contributed by atoms with Crippen molar-refractivity contribution in [2.75, 3.05) is 64.2 Å². The van der Waals surface area contributed by atoms with Gasteiger partial charge in [-0.1, -0.05) is 18.2 Å². The molecule has 0 aliphatic carbocycles. The summed E-state index contributed by atoms with van der Waals surface area (Å²) < 4.78 is 0.849. The number of nitrogens with zero attached hydrogens (tertiary/aromatic N) is 5. The molecule has 0 radical (unpaired) electrons. The SMILES string of the molecule is O=C(NC(Cc1cc(Br)c2[nH]ncc2c1)C(=O)N1CCN(C2CCNCC2)CC1)ON1CCC(N2CCc3ccccc3NC2=O)CC1. The number of aromatic nitrogens is 2. The lowest BCUT2D eigenvalue weighted by atomic mass is 10.0. The second-order valence-corrected chi connectivity index (χ2v) is 14.1. The minimum atomic E-state index is -0.792. The second kappa shape index (κ2) is 14.8. The molecule has 0 bridgehead atoms. The molecule has 4 aliphatic rings. The molecule has 0 spiro atoms. The average molecular weight is 723 g/mol. The molecular weight excluding hydrogens is 678 g/mol. The fraction of sp³-hybridized carbons (Fsp3) is 0.529. The van der Waals surface area contributed by atoms with Gasteiger partial charge in [0, 0.05) is 79.9 Å². The Labute approximate surface area is 288 Å². The number of fused-ring (bicyclic) bond motifs is 2. The van der Waals surface area contributed by atoms with Gasteiger partial charge in [0.1, 0.15) is 6.04 Å². The van der Waals surface area contributed by atoms with Gasteiger partial charge in [0.2, 0.25) is 5.91 Å². The molecule has 2 aromatic carbocycles. The van der Waals surface area contributed by atoms with Crippen LogP contribution < -0.4 is 16.0 Å². The number of piperidine rings is 2. The second-order valence-electron chi connectivity index (χ2n) is 13.2. The average Bonchev–Trinajstić information content (AvgIpc) is 3.52. The number of carbonyl (C=O) groups excluding carboxylic acids is 3. The highest BCUT2D eigenvalue weighted by molar-refractivity contribution is 9.10. The highest BCUT2D eigenvalue weighted by atomic mass is 79.9. The summed E-state index contributed by atoms with van der Waals surface area (Å²) in [5, 5.41) is 19.1. The van der Waals surface area contributed by atoms with Gasteiger partial charge in [-0.2, -0.15) is 5.10 Å². The number of rotatable bonds is 7. The zero-order valence-electron chi connectivity index (χ0n) is 27.1. The Morgan fingerprint density at radius 2 is 1.75 bits per heavy atom. The van der Waals surface area contributed by atoms with Crippen LogP contribution in [0.3, 0.4) is 0 Å². The largest absolute Gasteiger partial charge is 0.426 e. The highest BCUT2D eigenvalue weighted by Crippen LogP contribution is 2.26. The Morgan fingerprint density at radius 3 is 2.54 bits per heavy atom. The van der Waals surface area contributed by atoms with Crippen molar-refractivity contribution < 1.29 is 19.2 Å². The van der Waals surface area contributed by atoms with Crippen LogP contribution >= 0.6 is 15.9 Å². The lowest BCUT2D eigenvalue weighted by Crippen LogP contribution is -2.58. The van der Waals surface area contributed by atoms with Crippen LogP contribution in [0.4, 0.5) is 15.3 Å². The first kappa shape index (κ1) is 32.8. The minimum absolute atomic E-state index is 0.0522. The number of anilines is 1. The third kappa shape index (κ3) is 7.46. The minimum Gasteiger partial charge on any atom is -0.351 e. The predicted octanol–water partition coefficient (Wildman–Crippen LogP) is 3.33. The van der Waals surface area contributed by atoms with E-state index in [-0.39, 0.29) is 18.0 Å². The molecule has 1 aromatic heterocycles. The van der Waals surface area contributed by atoms with Crippen molar-refractivity contribution >= 4 is 50.6 Å². The van der Waals surface area contributed by atoms with E-state index in [1.165, 1.54) is 0 Å². The number of aromatic amines is 1. The molecule has 7 rings (SSSR count). The summed E-state index contributed by atoms with van der Waals surface area (Å²) in [6.45, 7) is 6.62. The number of hydroxylamine groups is 2. The number of amides is 4. The molecule has 256 valence electrons. The van der Waals surface area contributed by atoms with E-state index in [9.17, 15) is 14.4 Å². The van der Waals surface area contributed by atoms with Gasteiger partial charge in [0.15, 0.2) is 0 Å². The summed E-state index contributed by atoms with van der Waals surface area (Å²) >= 11 is 3.62. The number of urea groups is 1. The first-order chi connectivity index (χ1) is 23.4. The Kier molecular flexibility index (Phi) is 10.1. The van der Waals surface area contributed by atoms with Crippen LogP contribution in [0.2, 0.25) is 0 Å². The zero-order valence-corrected chi connectivity index (χ0v) is 28.7. The van der Waals surface area contributed by atoms with Crippen LogP contribution in [0, 0.1) is 0 Å². The van der Waals surface area contributed by atoms with Gasteiger partial charge in [-0.15, -0.1) is 5.06 Å². The third-order valence-corrected chi connectivity index (χ3v) is 10.9. The number of halogens is 1. The van der Waals surface area contributed by atoms with E-state index in [1.807, 2.05) is 40.1 Å². The van der Waals surface area contributed by atoms with E-state index >= 15 is 0 Å². The van der Waals surface area contributed by atoms with Crippen molar-refractivity contribution in [1.82, 2.24) is 40.6 Å². The van der Waals surface area contributed by atoms with Crippen LogP contribution in [-0.2, 0) is 22.5 Å². The van der Waals surface area contributed by atoms with Gasteiger partial charge in [-0.05, 0) is 90.4 Å². The number of benzene rings is 2. The summed E-state index contributed by atoms with van der Waals surface area (Å²) in [7, 11) is 0. The van der Waals surface area contributed by atoms with Gasteiger partial charge in [-0.3, -0.25) is 14.8 Å². The maximum Gasteiger partial charge on any atom is 0.426 e. The van der Waals surface area contributed by atoms with Crippen molar-refractivity contribution in [1.29, 1.82) is 0 Å². The smallest absolute Gasteiger partial charge is 0.351 e. The summed E-state index contributed by atoms with van der Waals surface area (Å²) in [4.78, 5) is 52.4. The molecule has 3 fully saturated rings. The van der Waals surface area contributed by atoms with Crippen LogP contribution in [0.1, 0.15) is 36.8 Å². The Balaban J connectivity index is 0.967. The topological polar surface area (TPSA) is 138 Å². The van der Waals surface area contributed by atoms with E-state index in [1.54, 1.807) is 11.3 Å². The molecule has 4 N–H and O–H groups in total. The molecule has 0 saturated carbocycles. The Morgan fingerprint density at radius 1 is 0.979 bits per heavy atom. The zero-order chi connectivity index (χ0) is 33.0. The van der Waals surface area contributed by atoms with Gasteiger partial charge in [0.25, 0.3) is 0 Å². The number of carbonyl (C=O) groups is 3. The van der Waals surface area contributed by atoms with Crippen molar-refractivity contribution in [2.24, 2.45) is 0 Å². The molecule has 4 amide bonds. The van der Waals surface area contributed by atoms with Crippen molar-refractivity contribution in [3.63, 3.8) is 0 Å². The number of H-pyrrole nitrogens is 1. The van der Waals surface area contributed by atoms with E-state index in [4.69, 9.17) is 4.84 Å². The van der Waals surface area contributed by atoms with E-state index < -0.39 is 12.1 Å².